The molecule has 0 aromatic heterocycles. The molecule has 1 aliphatic rings. The summed E-state index contributed by atoms with van der Waals surface area (Å²) >= 11 is 0. The van der Waals surface area contributed by atoms with Crippen molar-refractivity contribution in [3.05, 3.63) is 0 Å². The highest BCUT2D eigenvalue weighted by Crippen LogP contribution is 2.17. The molecule has 1 unspecified atom stereocenters. The quantitative estimate of drug-likeness (QED) is 0.630. The highest BCUT2D eigenvalue weighted by molar-refractivity contribution is 4.77. The number of hydrogen-bond acceptors (Lipinski definition) is 2. The first-order valence-electron chi connectivity index (χ1n) is 7.52. The molecule has 2 heteroatoms. The van der Waals surface area contributed by atoms with Crippen molar-refractivity contribution in [2.24, 2.45) is 5.92 Å². The number of unbranched alkanes of at least 4 members (excludes halogenated alkanes) is 2. The van der Waals surface area contributed by atoms with Crippen LogP contribution in [0.4, 0.5) is 0 Å². The molecule has 0 amide bonds. The second kappa shape index (κ2) is 8.10. The summed E-state index contributed by atoms with van der Waals surface area (Å²) in [7, 11) is 4.43. The van der Waals surface area contributed by atoms with Gasteiger partial charge in [-0.15, -0.1) is 0 Å². The third-order valence-corrected chi connectivity index (χ3v) is 4.16. The monoisotopic (exact) mass is 240 g/mol. The molecule has 0 aromatic carbocycles. The lowest BCUT2D eigenvalue weighted by atomic mass is 9.99. The normalized spacial score (nSPS) is 21.0. The van der Waals surface area contributed by atoms with Crippen molar-refractivity contribution in [3.63, 3.8) is 0 Å². The van der Waals surface area contributed by atoms with Gasteiger partial charge in [0.2, 0.25) is 0 Å². The Morgan fingerprint density at radius 3 is 2.35 bits per heavy atom. The minimum absolute atomic E-state index is 0.821. The van der Waals surface area contributed by atoms with Gasteiger partial charge in [-0.25, -0.2) is 0 Å². The summed E-state index contributed by atoms with van der Waals surface area (Å²) in [4.78, 5) is 5.07. The van der Waals surface area contributed by atoms with Crippen molar-refractivity contribution < 1.29 is 0 Å². The third-order valence-electron chi connectivity index (χ3n) is 4.16. The van der Waals surface area contributed by atoms with Gasteiger partial charge in [0.25, 0.3) is 0 Å². The van der Waals surface area contributed by atoms with E-state index in [4.69, 9.17) is 0 Å². The molecule has 0 aromatic rings. The predicted molar refractivity (Wildman–Crippen MR) is 76.5 cm³/mol. The van der Waals surface area contributed by atoms with E-state index in [0.29, 0.717) is 0 Å². The molecule has 1 atom stereocenters. The van der Waals surface area contributed by atoms with Gasteiger partial charge in [-0.1, -0.05) is 33.1 Å². The number of nitrogens with zero attached hydrogens (tertiary/aromatic N) is 2. The van der Waals surface area contributed by atoms with Gasteiger partial charge >= 0.3 is 0 Å². The molecule has 0 aliphatic carbocycles. The van der Waals surface area contributed by atoms with Crippen molar-refractivity contribution in [1.29, 1.82) is 0 Å². The maximum absolute atomic E-state index is 2.68. The first kappa shape index (κ1) is 15.0. The van der Waals surface area contributed by atoms with Crippen molar-refractivity contribution in [1.82, 2.24) is 9.80 Å². The molecule has 17 heavy (non-hydrogen) atoms. The molecule has 1 rings (SSSR count). The topological polar surface area (TPSA) is 6.48 Å². The number of piperidine rings is 1. The fourth-order valence-corrected chi connectivity index (χ4v) is 2.89. The Morgan fingerprint density at radius 1 is 1.18 bits per heavy atom. The molecule has 1 fully saturated rings. The number of likely N-dealkylation sites (tertiary alicyclic amines) is 1. The van der Waals surface area contributed by atoms with Gasteiger partial charge in [-0.2, -0.15) is 0 Å². The Labute approximate surface area is 108 Å². The van der Waals surface area contributed by atoms with E-state index in [2.05, 4.69) is 37.7 Å². The van der Waals surface area contributed by atoms with Crippen LogP contribution in [0.2, 0.25) is 0 Å². The summed E-state index contributed by atoms with van der Waals surface area (Å²) in [6.07, 6.45) is 8.31. The van der Waals surface area contributed by atoms with Crippen LogP contribution >= 0.6 is 0 Å². The van der Waals surface area contributed by atoms with Crippen molar-refractivity contribution in [2.45, 2.75) is 58.4 Å². The summed E-state index contributed by atoms with van der Waals surface area (Å²) in [5.74, 6) is 0.887. The van der Waals surface area contributed by atoms with Crippen molar-refractivity contribution in [3.8, 4) is 0 Å². The van der Waals surface area contributed by atoms with E-state index < -0.39 is 0 Å². The molecule has 0 radical (unpaired) electrons. The lowest BCUT2D eigenvalue weighted by molar-refractivity contribution is 0.130. The van der Waals surface area contributed by atoms with Crippen LogP contribution in [0.5, 0.6) is 0 Å². The van der Waals surface area contributed by atoms with Gasteiger partial charge in [0.05, 0.1) is 0 Å². The van der Waals surface area contributed by atoms with Crippen LogP contribution in [0.3, 0.4) is 0 Å². The van der Waals surface area contributed by atoms with E-state index in [1.807, 2.05) is 0 Å². The molecule has 0 bridgehead atoms. The lowest BCUT2D eigenvalue weighted by Crippen LogP contribution is -2.43. The van der Waals surface area contributed by atoms with E-state index in [1.54, 1.807) is 0 Å². The zero-order valence-corrected chi connectivity index (χ0v) is 12.4. The summed E-state index contributed by atoms with van der Waals surface area (Å²) in [5.41, 5.74) is 0. The highest BCUT2D eigenvalue weighted by atomic mass is 15.2. The second-order valence-corrected chi connectivity index (χ2v) is 6.10. The molecular weight excluding hydrogens is 208 g/mol. The van der Waals surface area contributed by atoms with E-state index in [-0.39, 0.29) is 0 Å². The van der Waals surface area contributed by atoms with Gasteiger partial charge in [0.1, 0.15) is 0 Å². The first-order valence-corrected chi connectivity index (χ1v) is 7.52. The summed E-state index contributed by atoms with van der Waals surface area (Å²) in [5, 5.41) is 0. The average molecular weight is 240 g/mol. The van der Waals surface area contributed by atoms with Crippen LogP contribution in [0.1, 0.15) is 52.4 Å². The van der Waals surface area contributed by atoms with E-state index in [1.165, 1.54) is 58.2 Å². The largest absolute Gasteiger partial charge is 0.306 e. The van der Waals surface area contributed by atoms with Gasteiger partial charge in [0, 0.05) is 12.6 Å². The van der Waals surface area contributed by atoms with Crippen LogP contribution in [0, 0.1) is 5.92 Å². The van der Waals surface area contributed by atoms with Crippen LogP contribution in [-0.4, -0.2) is 49.6 Å². The first-order chi connectivity index (χ1) is 8.13. The second-order valence-electron chi connectivity index (χ2n) is 6.10. The fourth-order valence-electron chi connectivity index (χ4n) is 2.89. The smallest absolute Gasteiger partial charge is 0.0113 e. The van der Waals surface area contributed by atoms with Crippen LogP contribution < -0.4 is 0 Å². The minimum Gasteiger partial charge on any atom is -0.306 e. The molecular formula is C15H32N2. The van der Waals surface area contributed by atoms with Gasteiger partial charge < -0.3 is 9.80 Å². The average Bonchev–Trinajstić information content (AvgIpc) is 2.30. The molecule has 0 N–H and O–H groups in total. The van der Waals surface area contributed by atoms with E-state index in [9.17, 15) is 0 Å². The van der Waals surface area contributed by atoms with Crippen molar-refractivity contribution >= 4 is 0 Å². The van der Waals surface area contributed by atoms with Gasteiger partial charge in [0.15, 0.2) is 0 Å². The molecule has 0 saturated carbocycles. The Bertz CT molecular complexity index is 183. The minimum atomic E-state index is 0.821. The zero-order valence-electron chi connectivity index (χ0n) is 12.4. The molecule has 1 saturated heterocycles. The molecule has 2 nitrogen and oxygen atoms in total. The third kappa shape index (κ3) is 5.87. The van der Waals surface area contributed by atoms with Crippen LogP contribution in [0.25, 0.3) is 0 Å². The van der Waals surface area contributed by atoms with E-state index >= 15 is 0 Å². The summed E-state index contributed by atoms with van der Waals surface area (Å²) in [6.45, 7) is 8.65. The SMILES string of the molecule is CCCCCC(C)CN1CCC(N(C)C)CC1. The van der Waals surface area contributed by atoms with Crippen LogP contribution in [0.15, 0.2) is 0 Å². The summed E-state index contributed by atoms with van der Waals surface area (Å²) in [6, 6.07) is 0.821. The maximum Gasteiger partial charge on any atom is 0.0113 e. The molecule has 1 heterocycles. The number of rotatable bonds is 7. The molecule has 102 valence electrons. The van der Waals surface area contributed by atoms with Crippen molar-refractivity contribution in [2.75, 3.05) is 33.7 Å². The predicted octanol–water partition coefficient (Wildman–Crippen LogP) is 3.23. The molecule has 1 aliphatic heterocycles. The lowest BCUT2D eigenvalue weighted by Gasteiger charge is -2.36. The zero-order chi connectivity index (χ0) is 12.7. The van der Waals surface area contributed by atoms with Crippen LogP contribution in [-0.2, 0) is 0 Å². The Kier molecular flexibility index (Phi) is 7.14. The Balaban J connectivity index is 2.12. The Hall–Kier alpha value is -0.0800. The fraction of sp³-hybridized carbons (Fsp3) is 1.00. The maximum atomic E-state index is 2.68. The standard InChI is InChI=1S/C15H32N2/c1-5-6-7-8-14(2)13-17-11-9-15(10-12-17)16(3)4/h14-15H,5-13H2,1-4H3. The van der Waals surface area contributed by atoms with E-state index in [0.717, 1.165) is 12.0 Å². The molecule has 0 spiro atoms. The Morgan fingerprint density at radius 2 is 1.82 bits per heavy atom. The number of hydrogen-bond donors (Lipinski definition) is 0. The summed E-state index contributed by atoms with van der Waals surface area (Å²) < 4.78 is 0. The highest BCUT2D eigenvalue weighted by Gasteiger charge is 2.21. The van der Waals surface area contributed by atoms with Gasteiger partial charge in [-0.05, 0) is 52.4 Å². The van der Waals surface area contributed by atoms with Gasteiger partial charge in [-0.3, -0.25) is 0 Å².